The number of rotatable bonds is 7. The molecule has 20 heavy (non-hydrogen) atoms. The van der Waals surface area contributed by atoms with Crippen molar-refractivity contribution >= 4 is 17.7 Å². The minimum Gasteiger partial charge on any atom is -0.481 e. The van der Waals surface area contributed by atoms with Crippen LogP contribution in [0.1, 0.15) is 12.7 Å². The first kappa shape index (κ1) is 14.5. The summed E-state index contributed by atoms with van der Waals surface area (Å²) in [7, 11) is 0. The summed E-state index contributed by atoms with van der Waals surface area (Å²) in [6.45, 7) is 2.83. The quantitative estimate of drug-likeness (QED) is 0.787. The number of aromatic nitrogens is 3. The van der Waals surface area contributed by atoms with E-state index in [1.165, 1.54) is 0 Å². The number of aliphatic carboxylic acids is 1. The zero-order valence-corrected chi connectivity index (χ0v) is 11.8. The summed E-state index contributed by atoms with van der Waals surface area (Å²) in [6, 6.07) is 9.57. The maximum absolute atomic E-state index is 10.7. The summed E-state index contributed by atoms with van der Waals surface area (Å²) in [4.78, 5) is 10.7. The van der Waals surface area contributed by atoms with Crippen LogP contribution >= 0.6 is 11.8 Å². The summed E-state index contributed by atoms with van der Waals surface area (Å²) < 4.78 is 7.19. The number of nitrogens with zero attached hydrogens (tertiary/aromatic N) is 3. The second-order valence-corrected chi connectivity index (χ2v) is 4.83. The lowest BCUT2D eigenvalue weighted by molar-refractivity contribution is -0.133. The Morgan fingerprint density at radius 2 is 2.10 bits per heavy atom. The third kappa shape index (κ3) is 3.58. The SMILES string of the molecule is CCOCc1nnc(SCC(=O)O)n1-c1ccccc1. The molecule has 1 N–H and O–H groups in total. The van der Waals surface area contributed by atoms with Gasteiger partial charge in [0.25, 0.3) is 0 Å². The molecule has 2 aromatic rings. The number of para-hydroxylation sites is 1. The van der Waals surface area contributed by atoms with Crippen LogP contribution in [0.5, 0.6) is 0 Å². The van der Waals surface area contributed by atoms with E-state index in [0.717, 1.165) is 17.4 Å². The molecule has 6 nitrogen and oxygen atoms in total. The zero-order chi connectivity index (χ0) is 14.4. The van der Waals surface area contributed by atoms with Gasteiger partial charge < -0.3 is 9.84 Å². The summed E-state index contributed by atoms with van der Waals surface area (Å²) in [5, 5.41) is 17.5. The number of hydrogen-bond acceptors (Lipinski definition) is 5. The highest BCUT2D eigenvalue weighted by Crippen LogP contribution is 2.22. The van der Waals surface area contributed by atoms with Crippen molar-refractivity contribution < 1.29 is 14.6 Å². The summed E-state index contributed by atoms with van der Waals surface area (Å²) in [5.74, 6) is -0.283. The van der Waals surface area contributed by atoms with Gasteiger partial charge in [0, 0.05) is 12.3 Å². The molecule has 2 rings (SSSR count). The van der Waals surface area contributed by atoms with Crippen molar-refractivity contribution in [2.24, 2.45) is 0 Å². The lowest BCUT2D eigenvalue weighted by Crippen LogP contribution is -2.06. The van der Waals surface area contributed by atoms with E-state index in [1.807, 2.05) is 41.8 Å². The van der Waals surface area contributed by atoms with Gasteiger partial charge >= 0.3 is 5.97 Å². The monoisotopic (exact) mass is 293 g/mol. The third-order valence-corrected chi connectivity index (χ3v) is 3.39. The van der Waals surface area contributed by atoms with Crippen molar-refractivity contribution in [1.29, 1.82) is 0 Å². The number of thioether (sulfide) groups is 1. The molecule has 0 spiro atoms. The van der Waals surface area contributed by atoms with E-state index in [0.29, 0.717) is 24.2 Å². The topological polar surface area (TPSA) is 77.2 Å². The molecule has 0 radical (unpaired) electrons. The van der Waals surface area contributed by atoms with E-state index >= 15 is 0 Å². The van der Waals surface area contributed by atoms with Gasteiger partial charge in [0.1, 0.15) is 6.61 Å². The maximum Gasteiger partial charge on any atom is 0.313 e. The zero-order valence-electron chi connectivity index (χ0n) is 11.0. The van der Waals surface area contributed by atoms with Crippen LogP contribution in [0.25, 0.3) is 5.69 Å². The van der Waals surface area contributed by atoms with Crippen LogP contribution in [-0.4, -0.2) is 38.2 Å². The van der Waals surface area contributed by atoms with Gasteiger partial charge in [-0.2, -0.15) is 0 Å². The molecule has 0 saturated heterocycles. The minimum atomic E-state index is -0.885. The van der Waals surface area contributed by atoms with E-state index < -0.39 is 5.97 Å². The highest BCUT2D eigenvalue weighted by Gasteiger charge is 2.15. The molecule has 0 aliphatic heterocycles. The van der Waals surface area contributed by atoms with Crippen molar-refractivity contribution in [3.05, 3.63) is 36.2 Å². The van der Waals surface area contributed by atoms with Crippen LogP contribution in [0.2, 0.25) is 0 Å². The van der Waals surface area contributed by atoms with Gasteiger partial charge in [-0.3, -0.25) is 9.36 Å². The van der Waals surface area contributed by atoms with Crippen molar-refractivity contribution in [1.82, 2.24) is 14.8 Å². The molecule has 0 aliphatic rings. The van der Waals surface area contributed by atoms with Gasteiger partial charge in [0.15, 0.2) is 11.0 Å². The Morgan fingerprint density at radius 3 is 2.75 bits per heavy atom. The molecule has 1 aromatic heterocycles. The van der Waals surface area contributed by atoms with Gasteiger partial charge in [-0.1, -0.05) is 30.0 Å². The first-order valence-electron chi connectivity index (χ1n) is 6.14. The highest BCUT2D eigenvalue weighted by molar-refractivity contribution is 7.99. The molecule has 0 fully saturated rings. The van der Waals surface area contributed by atoms with Crippen LogP contribution in [-0.2, 0) is 16.1 Å². The lowest BCUT2D eigenvalue weighted by Gasteiger charge is -2.09. The average Bonchev–Trinajstić information content (AvgIpc) is 2.86. The molecule has 0 aliphatic carbocycles. The Morgan fingerprint density at radius 1 is 1.35 bits per heavy atom. The van der Waals surface area contributed by atoms with Crippen LogP contribution < -0.4 is 0 Å². The Labute approximate surface area is 120 Å². The number of benzene rings is 1. The fraction of sp³-hybridized carbons (Fsp3) is 0.308. The summed E-state index contributed by atoms with van der Waals surface area (Å²) in [6.07, 6.45) is 0. The number of carbonyl (C=O) groups is 1. The largest absolute Gasteiger partial charge is 0.481 e. The molecule has 0 atom stereocenters. The number of ether oxygens (including phenoxy) is 1. The van der Waals surface area contributed by atoms with E-state index in [4.69, 9.17) is 9.84 Å². The molecular formula is C13H15N3O3S. The van der Waals surface area contributed by atoms with Gasteiger partial charge in [-0.25, -0.2) is 0 Å². The van der Waals surface area contributed by atoms with E-state index in [9.17, 15) is 4.79 Å². The predicted molar refractivity (Wildman–Crippen MR) is 75.0 cm³/mol. The fourth-order valence-electron chi connectivity index (χ4n) is 1.64. The molecule has 1 aromatic carbocycles. The molecule has 7 heteroatoms. The summed E-state index contributed by atoms with van der Waals surface area (Å²) in [5.41, 5.74) is 0.889. The van der Waals surface area contributed by atoms with Gasteiger partial charge in [0.05, 0.1) is 5.75 Å². The summed E-state index contributed by atoms with van der Waals surface area (Å²) >= 11 is 1.14. The van der Waals surface area contributed by atoms with Crippen molar-refractivity contribution in [3.8, 4) is 5.69 Å². The van der Waals surface area contributed by atoms with Gasteiger partial charge in [-0.15, -0.1) is 10.2 Å². The highest BCUT2D eigenvalue weighted by atomic mass is 32.2. The standard InChI is InChI=1S/C13H15N3O3S/c1-2-19-8-11-14-15-13(20-9-12(17)18)16(11)10-6-4-3-5-7-10/h3-7H,2,8-9H2,1H3,(H,17,18). The Balaban J connectivity index is 2.32. The van der Waals surface area contributed by atoms with E-state index in [-0.39, 0.29) is 5.75 Å². The lowest BCUT2D eigenvalue weighted by atomic mass is 10.3. The van der Waals surface area contributed by atoms with Crippen LogP contribution in [0.3, 0.4) is 0 Å². The molecular weight excluding hydrogens is 278 g/mol. The average molecular weight is 293 g/mol. The molecule has 0 amide bonds. The second-order valence-electron chi connectivity index (χ2n) is 3.89. The maximum atomic E-state index is 10.7. The first-order chi connectivity index (χ1) is 9.72. The smallest absolute Gasteiger partial charge is 0.313 e. The van der Waals surface area contributed by atoms with Crippen LogP contribution in [0.4, 0.5) is 0 Å². The van der Waals surface area contributed by atoms with Gasteiger partial charge in [0.2, 0.25) is 0 Å². The van der Waals surface area contributed by atoms with E-state index in [1.54, 1.807) is 0 Å². The molecule has 106 valence electrons. The minimum absolute atomic E-state index is 0.0560. The molecule has 0 bridgehead atoms. The number of carboxylic acids is 1. The fourth-order valence-corrected chi connectivity index (χ4v) is 2.33. The van der Waals surface area contributed by atoms with Crippen molar-refractivity contribution in [3.63, 3.8) is 0 Å². The van der Waals surface area contributed by atoms with Crippen molar-refractivity contribution in [2.45, 2.75) is 18.7 Å². The van der Waals surface area contributed by atoms with Gasteiger partial charge in [-0.05, 0) is 19.1 Å². The third-order valence-electron chi connectivity index (χ3n) is 2.47. The Hall–Kier alpha value is -1.86. The molecule has 0 saturated carbocycles. The second kappa shape index (κ2) is 7.06. The number of hydrogen-bond donors (Lipinski definition) is 1. The number of carboxylic acid groups (broad SMARTS) is 1. The normalized spacial score (nSPS) is 10.7. The Kier molecular flexibility index (Phi) is 5.14. The first-order valence-corrected chi connectivity index (χ1v) is 7.13. The molecule has 0 unspecified atom stereocenters. The predicted octanol–water partition coefficient (Wildman–Crippen LogP) is 1.98. The van der Waals surface area contributed by atoms with Crippen molar-refractivity contribution in [2.75, 3.05) is 12.4 Å². The molecule has 1 heterocycles. The van der Waals surface area contributed by atoms with Crippen LogP contribution in [0.15, 0.2) is 35.5 Å². The van der Waals surface area contributed by atoms with Crippen LogP contribution in [0, 0.1) is 0 Å². The van der Waals surface area contributed by atoms with E-state index in [2.05, 4.69) is 10.2 Å². The Bertz CT molecular complexity index is 571.